The van der Waals surface area contributed by atoms with Crippen molar-refractivity contribution in [2.75, 3.05) is 0 Å². The van der Waals surface area contributed by atoms with E-state index in [4.69, 9.17) is 0 Å². The van der Waals surface area contributed by atoms with Crippen LogP contribution in [0.25, 0.3) is 10.9 Å². The van der Waals surface area contributed by atoms with Gasteiger partial charge in [-0.1, -0.05) is 6.07 Å². The normalized spacial score (nSPS) is 10.7. The van der Waals surface area contributed by atoms with Crippen LogP contribution in [-0.4, -0.2) is 4.98 Å². The van der Waals surface area contributed by atoms with Crippen LogP contribution in [0.2, 0.25) is 0 Å². The summed E-state index contributed by atoms with van der Waals surface area (Å²) in [7, 11) is 0. The van der Waals surface area contributed by atoms with Crippen molar-refractivity contribution in [3.8, 4) is 0 Å². The minimum Gasteiger partial charge on any atom is -0.255 e. The van der Waals surface area contributed by atoms with E-state index in [-0.39, 0.29) is 5.82 Å². The molecule has 0 fully saturated rings. The minimum absolute atomic E-state index is 0.244. The van der Waals surface area contributed by atoms with Crippen molar-refractivity contribution < 1.29 is 4.39 Å². The van der Waals surface area contributed by atoms with Crippen LogP contribution < -0.4 is 0 Å². The Labute approximate surface area is 96.6 Å². The van der Waals surface area contributed by atoms with E-state index >= 15 is 0 Å². The molecule has 0 saturated heterocycles. The molecule has 0 aliphatic heterocycles. The van der Waals surface area contributed by atoms with Gasteiger partial charge in [0.15, 0.2) is 5.82 Å². The van der Waals surface area contributed by atoms with Crippen LogP contribution in [-0.2, 0) is 0 Å². The first-order valence-electron chi connectivity index (χ1n) is 3.58. The highest BCUT2D eigenvalue weighted by Gasteiger charge is 2.09. The maximum atomic E-state index is 13.4. The van der Waals surface area contributed by atoms with Gasteiger partial charge in [0.05, 0.1) is 13.6 Å². The Morgan fingerprint density at radius 3 is 3.00 bits per heavy atom. The van der Waals surface area contributed by atoms with E-state index in [1.54, 1.807) is 12.3 Å². The molecule has 4 heteroatoms. The number of halogens is 3. The lowest BCUT2D eigenvalue weighted by Crippen LogP contribution is -1.88. The number of rotatable bonds is 0. The van der Waals surface area contributed by atoms with E-state index in [9.17, 15) is 4.39 Å². The number of hydrogen-bond acceptors (Lipinski definition) is 1. The van der Waals surface area contributed by atoms with Crippen LogP contribution in [0.4, 0.5) is 4.39 Å². The summed E-state index contributed by atoms with van der Waals surface area (Å²) in [5, 5.41) is 0.945. The Morgan fingerprint density at radius 2 is 2.23 bits per heavy atom. The maximum absolute atomic E-state index is 13.4. The molecule has 0 aliphatic carbocycles. The summed E-state index contributed by atoms with van der Waals surface area (Å²) in [6.45, 7) is 0. The Bertz CT molecular complexity index is 472. The highest BCUT2D eigenvalue weighted by molar-refractivity contribution is 14.1. The molecule has 1 aromatic heterocycles. The van der Waals surface area contributed by atoms with Crippen LogP contribution in [0, 0.1) is 9.39 Å². The largest absolute Gasteiger partial charge is 0.255 e. The first-order valence-corrected chi connectivity index (χ1v) is 5.45. The second-order valence-electron chi connectivity index (χ2n) is 2.56. The monoisotopic (exact) mass is 351 g/mol. The molecule has 0 aliphatic rings. The standard InChI is InChI=1S/C9H4BrFIN/c10-6-4-5-2-1-3-13-9(5)8(12)7(6)11/h1-4H. The van der Waals surface area contributed by atoms with Crippen LogP contribution in [0.15, 0.2) is 28.9 Å². The van der Waals surface area contributed by atoms with Crippen molar-refractivity contribution >= 4 is 49.4 Å². The van der Waals surface area contributed by atoms with Gasteiger partial charge in [0, 0.05) is 11.6 Å². The van der Waals surface area contributed by atoms with Gasteiger partial charge in [-0.15, -0.1) is 0 Å². The molecule has 2 aromatic rings. The zero-order chi connectivity index (χ0) is 9.42. The van der Waals surface area contributed by atoms with Gasteiger partial charge in [0.2, 0.25) is 0 Å². The number of nitrogens with zero attached hydrogens (tertiary/aromatic N) is 1. The van der Waals surface area contributed by atoms with Crippen molar-refractivity contribution in [2.45, 2.75) is 0 Å². The molecule has 2 rings (SSSR count). The van der Waals surface area contributed by atoms with Gasteiger partial charge in [0.1, 0.15) is 0 Å². The first kappa shape index (κ1) is 9.33. The molecular formula is C9H4BrFIN. The van der Waals surface area contributed by atoms with E-state index < -0.39 is 0 Å². The van der Waals surface area contributed by atoms with Crippen molar-refractivity contribution in [1.82, 2.24) is 4.98 Å². The number of pyridine rings is 1. The summed E-state index contributed by atoms with van der Waals surface area (Å²) in [6, 6.07) is 5.48. The zero-order valence-corrected chi connectivity index (χ0v) is 10.1. The molecule has 0 amide bonds. The van der Waals surface area contributed by atoms with Gasteiger partial charge in [-0.25, -0.2) is 4.39 Å². The van der Waals surface area contributed by atoms with Crippen molar-refractivity contribution in [1.29, 1.82) is 0 Å². The molecule has 66 valence electrons. The van der Waals surface area contributed by atoms with Gasteiger partial charge >= 0.3 is 0 Å². The number of aromatic nitrogens is 1. The average Bonchev–Trinajstić information content (AvgIpc) is 2.15. The predicted octanol–water partition coefficient (Wildman–Crippen LogP) is 3.74. The Hall–Kier alpha value is -0.230. The van der Waals surface area contributed by atoms with Gasteiger partial charge in [-0.2, -0.15) is 0 Å². The van der Waals surface area contributed by atoms with Crippen LogP contribution in [0.5, 0.6) is 0 Å². The van der Waals surface area contributed by atoms with Crippen molar-refractivity contribution in [3.05, 3.63) is 38.3 Å². The van der Waals surface area contributed by atoms with Gasteiger partial charge in [-0.05, 0) is 50.7 Å². The third-order valence-electron chi connectivity index (χ3n) is 1.73. The molecule has 1 aromatic carbocycles. The summed E-state index contributed by atoms with van der Waals surface area (Å²) in [5.41, 5.74) is 0.712. The maximum Gasteiger partial charge on any atom is 0.152 e. The summed E-state index contributed by atoms with van der Waals surface area (Å²) in [4.78, 5) is 4.11. The molecule has 0 radical (unpaired) electrons. The minimum atomic E-state index is -0.244. The molecule has 1 nitrogen and oxygen atoms in total. The molecular weight excluding hydrogens is 348 g/mol. The summed E-state index contributed by atoms with van der Waals surface area (Å²) >= 11 is 5.12. The molecule has 13 heavy (non-hydrogen) atoms. The number of benzene rings is 1. The molecule has 0 N–H and O–H groups in total. The SMILES string of the molecule is Fc1c(Br)cc2cccnc2c1I. The van der Waals surface area contributed by atoms with E-state index in [2.05, 4.69) is 20.9 Å². The second-order valence-corrected chi connectivity index (χ2v) is 4.49. The smallest absolute Gasteiger partial charge is 0.152 e. The highest BCUT2D eigenvalue weighted by atomic mass is 127. The van der Waals surface area contributed by atoms with E-state index in [1.807, 2.05) is 34.7 Å². The quantitative estimate of drug-likeness (QED) is 0.520. The lowest BCUT2D eigenvalue weighted by Gasteiger charge is -2.02. The van der Waals surface area contributed by atoms with E-state index in [0.717, 1.165) is 5.39 Å². The van der Waals surface area contributed by atoms with E-state index in [1.165, 1.54) is 0 Å². The van der Waals surface area contributed by atoms with Crippen molar-refractivity contribution in [3.63, 3.8) is 0 Å². The summed E-state index contributed by atoms with van der Waals surface area (Å²) in [5.74, 6) is -0.244. The predicted molar refractivity (Wildman–Crippen MR) is 62.1 cm³/mol. The fraction of sp³-hybridized carbons (Fsp3) is 0. The third kappa shape index (κ3) is 1.57. The van der Waals surface area contributed by atoms with E-state index in [0.29, 0.717) is 13.6 Å². The number of hydrogen-bond donors (Lipinski definition) is 0. The molecule has 0 atom stereocenters. The topological polar surface area (TPSA) is 12.9 Å². The highest BCUT2D eigenvalue weighted by Crippen LogP contribution is 2.27. The fourth-order valence-corrected chi connectivity index (χ4v) is 2.68. The molecule has 0 saturated carbocycles. The average molecular weight is 352 g/mol. The second kappa shape index (κ2) is 3.49. The third-order valence-corrected chi connectivity index (χ3v) is 3.29. The van der Waals surface area contributed by atoms with Crippen LogP contribution >= 0.6 is 38.5 Å². The number of fused-ring (bicyclic) bond motifs is 1. The lowest BCUT2D eigenvalue weighted by atomic mass is 10.2. The summed E-state index contributed by atoms with van der Waals surface area (Å²) < 4.78 is 14.4. The Morgan fingerprint density at radius 1 is 1.46 bits per heavy atom. The molecule has 0 spiro atoms. The van der Waals surface area contributed by atoms with Gasteiger partial charge < -0.3 is 0 Å². The van der Waals surface area contributed by atoms with Crippen LogP contribution in [0.1, 0.15) is 0 Å². The molecule has 0 bridgehead atoms. The van der Waals surface area contributed by atoms with Gasteiger partial charge in [-0.3, -0.25) is 4.98 Å². The Kier molecular flexibility index (Phi) is 2.51. The molecule has 1 heterocycles. The van der Waals surface area contributed by atoms with Crippen LogP contribution in [0.3, 0.4) is 0 Å². The molecule has 0 unspecified atom stereocenters. The Balaban J connectivity index is 2.94. The zero-order valence-electron chi connectivity index (χ0n) is 6.39. The van der Waals surface area contributed by atoms with Gasteiger partial charge in [0.25, 0.3) is 0 Å². The fourth-order valence-electron chi connectivity index (χ4n) is 1.13. The summed E-state index contributed by atoms with van der Waals surface area (Å²) in [6.07, 6.45) is 1.66. The first-order chi connectivity index (χ1) is 6.20. The lowest BCUT2D eigenvalue weighted by molar-refractivity contribution is 0.615. The van der Waals surface area contributed by atoms with Crippen molar-refractivity contribution in [2.24, 2.45) is 0 Å².